The molecule has 1 N–H and O–H groups in total. The second kappa shape index (κ2) is 3.72. The first kappa shape index (κ1) is 9.26. The van der Waals surface area contributed by atoms with Crippen LogP contribution in [0.3, 0.4) is 0 Å². The number of nitrogens with zero attached hydrogens (tertiary/aromatic N) is 1. The molecule has 4 heteroatoms. The summed E-state index contributed by atoms with van der Waals surface area (Å²) in [6, 6.07) is 0. The average molecular weight is 187 g/mol. The maximum atomic E-state index is 11.3. The van der Waals surface area contributed by atoms with Crippen molar-refractivity contribution >= 4 is 11.6 Å². The van der Waals surface area contributed by atoms with E-state index in [-0.39, 0.29) is 10.8 Å². The molecule has 1 aromatic rings. The lowest BCUT2D eigenvalue weighted by Gasteiger charge is -2.02. The van der Waals surface area contributed by atoms with E-state index in [4.69, 9.17) is 11.6 Å². The molecule has 0 spiro atoms. The summed E-state index contributed by atoms with van der Waals surface area (Å²) >= 11 is 5.59. The van der Waals surface area contributed by atoms with Gasteiger partial charge in [0.1, 0.15) is 0 Å². The molecule has 12 heavy (non-hydrogen) atoms. The van der Waals surface area contributed by atoms with Crippen LogP contribution in [0.2, 0.25) is 5.28 Å². The number of aryl methyl sites for hydroxylation is 1. The fraction of sp³-hybridized carbons (Fsp3) is 0.500. The molecule has 0 unspecified atom stereocenters. The Bertz CT molecular complexity index is 332. The monoisotopic (exact) mass is 186 g/mol. The van der Waals surface area contributed by atoms with E-state index < -0.39 is 0 Å². The summed E-state index contributed by atoms with van der Waals surface area (Å²) in [5, 5.41) is 0.175. The van der Waals surface area contributed by atoms with E-state index in [0.717, 1.165) is 17.7 Å². The van der Waals surface area contributed by atoms with Crippen LogP contribution < -0.4 is 5.56 Å². The first-order valence-electron chi connectivity index (χ1n) is 3.96. The molecule has 0 bridgehead atoms. The molecule has 0 aliphatic rings. The highest BCUT2D eigenvalue weighted by Gasteiger charge is 2.06. The zero-order valence-electron chi connectivity index (χ0n) is 7.15. The van der Waals surface area contributed by atoms with Crippen LogP contribution in [0.15, 0.2) is 4.79 Å². The van der Waals surface area contributed by atoms with Gasteiger partial charge in [-0.15, -0.1) is 0 Å². The van der Waals surface area contributed by atoms with Crippen LogP contribution >= 0.6 is 11.6 Å². The maximum Gasteiger partial charge on any atom is 0.255 e. The molecule has 0 aliphatic carbocycles. The summed E-state index contributed by atoms with van der Waals surface area (Å²) in [6.45, 7) is 3.89. The molecule has 0 fully saturated rings. The molecule has 0 aromatic carbocycles. The number of hydrogen-bond donors (Lipinski definition) is 1. The van der Waals surface area contributed by atoms with Gasteiger partial charge in [-0.25, -0.2) is 4.98 Å². The van der Waals surface area contributed by atoms with Crippen molar-refractivity contribution in [1.29, 1.82) is 0 Å². The van der Waals surface area contributed by atoms with Crippen LogP contribution in [0.25, 0.3) is 0 Å². The van der Waals surface area contributed by atoms with Gasteiger partial charge in [0.2, 0.25) is 5.28 Å². The minimum absolute atomic E-state index is 0.116. The maximum absolute atomic E-state index is 11.3. The highest BCUT2D eigenvalue weighted by Crippen LogP contribution is 2.05. The van der Waals surface area contributed by atoms with Crippen molar-refractivity contribution in [2.45, 2.75) is 26.7 Å². The third-order valence-electron chi connectivity index (χ3n) is 1.76. The standard InChI is InChI=1S/C8H11ClN2O/c1-3-5-6(4-2)10-8(9)11-7(5)12/h3-4H2,1-2H3,(H,10,11,12). The first-order chi connectivity index (χ1) is 5.69. The van der Waals surface area contributed by atoms with Crippen molar-refractivity contribution in [2.24, 2.45) is 0 Å². The van der Waals surface area contributed by atoms with Gasteiger partial charge in [0.05, 0.1) is 5.69 Å². The zero-order chi connectivity index (χ0) is 9.14. The Hall–Kier alpha value is -0.830. The Morgan fingerprint density at radius 3 is 2.58 bits per heavy atom. The third kappa shape index (κ3) is 1.67. The lowest BCUT2D eigenvalue weighted by Crippen LogP contribution is -2.16. The summed E-state index contributed by atoms with van der Waals surface area (Å²) in [6.07, 6.45) is 1.44. The fourth-order valence-electron chi connectivity index (χ4n) is 1.17. The molecule has 1 rings (SSSR count). The van der Waals surface area contributed by atoms with Crippen LogP contribution in [-0.2, 0) is 12.8 Å². The van der Waals surface area contributed by atoms with E-state index in [1.165, 1.54) is 0 Å². The fourth-order valence-corrected chi connectivity index (χ4v) is 1.36. The van der Waals surface area contributed by atoms with Gasteiger partial charge in [-0.2, -0.15) is 0 Å². The second-order valence-corrected chi connectivity index (χ2v) is 2.85. The minimum atomic E-state index is -0.116. The number of nitrogens with one attached hydrogen (secondary N) is 1. The Balaban J connectivity index is 3.34. The normalized spacial score (nSPS) is 10.2. The van der Waals surface area contributed by atoms with Crippen molar-refractivity contribution in [3.8, 4) is 0 Å². The Morgan fingerprint density at radius 1 is 1.42 bits per heavy atom. The van der Waals surface area contributed by atoms with Crippen LogP contribution in [0.5, 0.6) is 0 Å². The topological polar surface area (TPSA) is 45.8 Å². The number of H-pyrrole nitrogens is 1. The molecular formula is C8H11ClN2O. The van der Waals surface area contributed by atoms with Gasteiger partial charge in [0.15, 0.2) is 0 Å². The smallest absolute Gasteiger partial charge is 0.255 e. The number of hydrogen-bond acceptors (Lipinski definition) is 2. The minimum Gasteiger partial charge on any atom is -0.297 e. The first-order valence-corrected chi connectivity index (χ1v) is 4.34. The number of rotatable bonds is 2. The van der Waals surface area contributed by atoms with Crippen LogP contribution in [0.1, 0.15) is 25.1 Å². The highest BCUT2D eigenvalue weighted by atomic mass is 35.5. The lowest BCUT2D eigenvalue weighted by atomic mass is 10.1. The average Bonchev–Trinajstić information content (AvgIpc) is 2.03. The highest BCUT2D eigenvalue weighted by molar-refractivity contribution is 6.28. The Labute approximate surface area is 75.8 Å². The molecule has 0 aliphatic heterocycles. The summed E-state index contributed by atoms with van der Waals surface area (Å²) in [5.74, 6) is 0. The van der Waals surface area contributed by atoms with E-state index in [1.807, 2.05) is 13.8 Å². The molecule has 0 amide bonds. The molecular weight excluding hydrogens is 176 g/mol. The molecule has 1 heterocycles. The summed E-state index contributed by atoms with van der Waals surface area (Å²) in [5.41, 5.74) is 1.42. The van der Waals surface area contributed by atoms with E-state index in [9.17, 15) is 4.79 Å². The van der Waals surface area contributed by atoms with Gasteiger partial charge >= 0.3 is 0 Å². The predicted molar refractivity (Wildman–Crippen MR) is 48.6 cm³/mol. The summed E-state index contributed by atoms with van der Waals surface area (Å²) < 4.78 is 0. The van der Waals surface area contributed by atoms with Crippen molar-refractivity contribution in [3.63, 3.8) is 0 Å². The van der Waals surface area contributed by atoms with Gasteiger partial charge in [-0.3, -0.25) is 9.78 Å². The number of aromatic amines is 1. The van der Waals surface area contributed by atoms with Crippen LogP contribution in [-0.4, -0.2) is 9.97 Å². The van der Waals surface area contributed by atoms with E-state index in [2.05, 4.69) is 9.97 Å². The molecule has 0 radical (unpaired) electrons. The molecule has 1 aromatic heterocycles. The largest absolute Gasteiger partial charge is 0.297 e. The van der Waals surface area contributed by atoms with Crippen LogP contribution in [0, 0.1) is 0 Å². The molecule has 0 saturated heterocycles. The predicted octanol–water partition coefficient (Wildman–Crippen LogP) is 1.55. The van der Waals surface area contributed by atoms with Gasteiger partial charge in [0.25, 0.3) is 5.56 Å². The Morgan fingerprint density at radius 2 is 2.08 bits per heavy atom. The molecule has 3 nitrogen and oxygen atoms in total. The molecule has 0 saturated carbocycles. The van der Waals surface area contributed by atoms with Gasteiger partial charge < -0.3 is 0 Å². The van der Waals surface area contributed by atoms with E-state index >= 15 is 0 Å². The number of aromatic nitrogens is 2. The van der Waals surface area contributed by atoms with Crippen molar-refractivity contribution in [1.82, 2.24) is 9.97 Å². The zero-order valence-corrected chi connectivity index (χ0v) is 7.90. The van der Waals surface area contributed by atoms with Gasteiger partial charge in [-0.05, 0) is 24.4 Å². The Kier molecular flexibility index (Phi) is 2.87. The lowest BCUT2D eigenvalue weighted by molar-refractivity contribution is 0.907. The van der Waals surface area contributed by atoms with E-state index in [0.29, 0.717) is 6.42 Å². The van der Waals surface area contributed by atoms with E-state index in [1.54, 1.807) is 0 Å². The van der Waals surface area contributed by atoms with Crippen LogP contribution in [0.4, 0.5) is 0 Å². The van der Waals surface area contributed by atoms with Gasteiger partial charge in [0, 0.05) is 5.56 Å². The van der Waals surface area contributed by atoms with Crippen molar-refractivity contribution < 1.29 is 0 Å². The van der Waals surface area contributed by atoms with Gasteiger partial charge in [-0.1, -0.05) is 13.8 Å². The molecule has 66 valence electrons. The summed E-state index contributed by atoms with van der Waals surface area (Å²) in [4.78, 5) is 17.8. The number of halogens is 1. The molecule has 0 atom stereocenters. The van der Waals surface area contributed by atoms with Crippen molar-refractivity contribution in [2.75, 3.05) is 0 Å². The quantitative estimate of drug-likeness (QED) is 0.713. The summed E-state index contributed by atoms with van der Waals surface area (Å²) in [7, 11) is 0. The second-order valence-electron chi connectivity index (χ2n) is 2.49. The third-order valence-corrected chi connectivity index (χ3v) is 1.94. The SMILES string of the molecule is CCc1nc(Cl)[nH]c(=O)c1CC. The van der Waals surface area contributed by atoms with Crippen molar-refractivity contribution in [3.05, 3.63) is 26.9 Å².